The monoisotopic (exact) mass is 436 g/mol. The van der Waals surface area contributed by atoms with Gasteiger partial charge in [-0.05, 0) is 29.6 Å². The van der Waals surface area contributed by atoms with E-state index in [4.69, 9.17) is 11.6 Å². The van der Waals surface area contributed by atoms with E-state index in [0.29, 0.717) is 15.1 Å². The number of hydrogen-bond acceptors (Lipinski definition) is 4. The van der Waals surface area contributed by atoms with Gasteiger partial charge in [-0.1, -0.05) is 29.8 Å². The summed E-state index contributed by atoms with van der Waals surface area (Å²) in [5.41, 5.74) is -0.678. The summed E-state index contributed by atoms with van der Waals surface area (Å²) in [4.78, 5) is 17.5. The molecule has 1 aromatic carbocycles. The third-order valence-electron chi connectivity index (χ3n) is 4.09. The van der Waals surface area contributed by atoms with Gasteiger partial charge in [0.2, 0.25) is 0 Å². The van der Waals surface area contributed by atoms with Gasteiger partial charge >= 0.3 is 6.18 Å². The highest BCUT2D eigenvalue weighted by atomic mass is 35.5. The van der Waals surface area contributed by atoms with Crippen molar-refractivity contribution < 1.29 is 18.0 Å². The van der Waals surface area contributed by atoms with E-state index in [2.05, 4.69) is 15.4 Å². The molecule has 5 nitrogen and oxygen atoms in total. The molecule has 148 valence electrons. The molecular formula is C19H12ClF3N4OS. The van der Waals surface area contributed by atoms with Crippen LogP contribution in [0.2, 0.25) is 5.02 Å². The first kappa shape index (κ1) is 19.4. The van der Waals surface area contributed by atoms with E-state index in [-0.39, 0.29) is 23.6 Å². The largest absolute Gasteiger partial charge is 0.433 e. The average Bonchev–Trinajstić information content (AvgIpc) is 3.34. The van der Waals surface area contributed by atoms with Gasteiger partial charge in [0.15, 0.2) is 17.0 Å². The van der Waals surface area contributed by atoms with Crippen molar-refractivity contribution in [2.24, 2.45) is 0 Å². The summed E-state index contributed by atoms with van der Waals surface area (Å²) in [6.07, 6.45) is -4.68. The van der Waals surface area contributed by atoms with Gasteiger partial charge in [0.1, 0.15) is 0 Å². The molecular weight excluding hydrogens is 425 g/mol. The minimum Gasteiger partial charge on any atom is -0.346 e. The van der Waals surface area contributed by atoms with Crippen LogP contribution in [-0.4, -0.2) is 20.5 Å². The lowest BCUT2D eigenvalue weighted by atomic mass is 10.1. The molecule has 0 saturated heterocycles. The Morgan fingerprint density at radius 1 is 1.17 bits per heavy atom. The van der Waals surface area contributed by atoms with Gasteiger partial charge in [0.05, 0.1) is 12.2 Å². The van der Waals surface area contributed by atoms with Crippen LogP contribution in [-0.2, 0) is 12.7 Å². The van der Waals surface area contributed by atoms with Crippen molar-refractivity contribution in [1.82, 2.24) is 19.9 Å². The summed E-state index contributed by atoms with van der Waals surface area (Å²) in [5, 5.41) is 8.80. The molecule has 1 amide bonds. The highest BCUT2D eigenvalue weighted by Crippen LogP contribution is 2.32. The predicted octanol–water partition coefficient (Wildman–Crippen LogP) is 5.06. The first-order valence-corrected chi connectivity index (χ1v) is 9.61. The molecule has 29 heavy (non-hydrogen) atoms. The summed E-state index contributed by atoms with van der Waals surface area (Å²) < 4.78 is 41.5. The zero-order chi connectivity index (χ0) is 20.6. The van der Waals surface area contributed by atoms with Crippen LogP contribution in [0.1, 0.15) is 21.1 Å². The van der Waals surface area contributed by atoms with Crippen molar-refractivity contribution in [2.45, 2.75) is 12.7 Å². The molecule has 0 aliphatic carbocycles. The van der Waals surface area contributed by atoms with E-state index in [1.807, 2.05) is 17.5 Å². The smallest absolute Gasteiger partial charge is 0.346 e. The Balaban J connectivity index is 1.73. The highest BCUT2D eigenvalue weighted by molar-refractivity contribution is 7.09. The highest BCUT2D eigenvalue weighted by Gasteiger charge is 2.35. The molecule has 10 heteroatoms. The summed E-state index contributed by atoms with van der Waals surface area (Å²) in [6.45, 7) is 0.264. The first-order valence-electron chi connectivity index (χ1n) is 8.36. The minimum absolute atomic E-state index is 0.0777. The molecule has 4 aromatic rings. The molecule has 0 unspecified atom stereocenters. The third-order valence-corrected chi connectivity index (χ3v) is 5.22. The number of halogens is 4. The lowest BCUT2D eigenvalue weighted by molar-refractivity contribution is -0.142. The van der Waals surface area contributed by atoms with Crippen LogP contribution in [0.3, 0.4) is 0 Å². The van der Waals surface area contributed by atoms with Crippen molar-refractivity contribution in [1.29, 1.82) is 0 Å². The summed E-state index contributed by atoms with van der Waals surface area (Å²) in [7, 11) is 0. The molecule has 3 aromatic heterocycles. The second kappa shape index (κ2) is 7.49. The number of nitrogens with zero attached hydrogens (tertiary/aromatic N) is 3. The van der Waals surface area contributed by atoms with E-state index < -0.39 is 17.8 Å². The molecule has 1 N–H and O–H groups in total. The van der Waals surface area contributed by atoms with Crippen molar-refractivity contribution in [3.05, 3.63) is 75.2 Å². The molecule has 0 fully saturated rings. The van der Waals surface area contributed by atoms with E-state index in [1.165, 1.54) is 17.4 Å². The molecule has 0 aliphatic rings. The quantitative estimate of drug-likeness (QED) is 0.486. The van der Waals surface area contributed by atoms with Crippen LogP contribution in [0.25, 0.3) is 16.9 Å². The van der Waals surface area contributed by atoms with Gasteiger partial charge in [-0.3, -0.25) is 4.79 Å². The van der Waals surface area contributed by atoms with E-state index >= 15 is 0 Å². The van der Waals surface area contributed by atoms with Crippen molar-refractivity contribution >= 4 is 34.5 Å². The first-order chi connectivity index (χ1) is 13.8. The topological polar surface area (TPSA) is 59.3 Å². The maximum atomic E-state index is 13.6. The average molecular weight is 437 g/mol. The van der Waals surface area contributed by atoms with Crippen molar-refractivity contribution in [2.75, 3.05) is 0 Å². The molecule has 0 saturated carbocycles. The Bertz CT molecular complexity index is 1170. The number of carbonyl (C=O) groups excluding carboxylic acids is 1. The normalized spacial score (nSPS) is 11.7. The number of nitrogens with one attached hydrogen (secondary N) is 1. The van der Waals surface area contributed by atoms with Crippen LogP contribution in [0, 0.1) is 0 Å². The Morgan fingerprint density at radius 3 is 2.59 bits per heavy atom. The van der Waals surface area contributed by atoms with Crippen LogP contribution in [0.15, 0.2) is 53.9 Å². The maximum Gasteiger partial charge on any atom is 0.433 e. The predicted molar refractivity (Wildman–Crippen MR) is 104 cm³/mol. The molecule has 3 heterocycles. The van der Waals surface area contributed by atoms with E-state index in [9.17, 15) is 18.0 Å². The lowest BCUT2D eigenvalue weighted by Crippen LogP contribution is -2.23. The van der Waals surface area contributed by atoms with E-state index in [0.717, 1.165) is 10.9 Å². The van der Waals surface area contributed by atoms with Gasteiger partial charge in [-0.25, -0.2) is 9.50 Å². The number of rotatable bonds is 4. The van der Waals surface area contributed by atoms with Crippen LogP contribution in [0.4, 0.5) is 13.2 Å². The number of aromatic nitrogens is 3. The van der Waals surface area contributed by atoms with E-state index in [1.54, 1.807) is 24.3 Å². The number of carbonyl (C=O) groups is 1. The number of alkyl halides is 3. The minimum atomic E-state index is -4.68. The maximum absolute atomic E-state index is 13.6. The lowest BCUT2D eigenvalue weighted by Gasteiger charge is -2.11. The molecule has 4 rings (SSSR count). The Hall–Kier alpha value is -2.91. The standard InChI is InChI=1S/C19H12ClF3N4OS/c20-12-5-3-11(4-6-12)14-8-16(19(21,22)23)27-17(25-14)9-15(26-27)18(28)24-10-13-2-1-7-29-13/h1-9H,10H2,(H,24,28). The molecule has 0 bridgehead atoms. The third kappa shape index (κ3) is 4.10. The number of thiophene rings is 1. The fourth-order valence-corrected chi connectivity index (χ4v) is 3.50. The van der Waals surface area contributed by atoms with Crippen LogP contribution < -0.4 is 5.32 Å². The molecule has 0 spiro atoms. The second-order valence-electron chi connectivity index (χ2n) is 6.09. The summed E-state index contributed by atoms with van der Waals surface area (Å²) >= 11 is 7.31. The molecule has 0 aliphatic heterocycles. The van der Waals surface area contributed by atoms with Gasteiger partial charge in [0.25, 0.3) is 5.91 Å². The van der Waals surface area contributed by atoms with Gasteiger partial charge in [-0.15, -0.1) is 11.3 Å². The number of fused-ring (bicyclic) bond motifs is 1. The Kier molecular flexibility index (Phi) is 5.01. The SMILES string of the molecule is O=C(NCc1cccs1)c1cc2nc(-c3ccc(Cl)cc3)cc(C(F)(F)F)n2n1. The Labute approximate surface area is 171 Å². The zero-order valence-electron chi connectivity index (χ0n) is 14.6. The second-order valence-corrected chi connectivity index (χ2v) is 7.56. The van der Waals surface area contributed by atoms with Crippen LogP contribution >= 0.6 is 22.9 Å². The van der Waals surface area contributed by atoms with Gasteiger partial charge in [0, 0.05) is 21.5 Å². The van der Waals surface area contributed by atoms with Gasteiger partial charge < -0.3 is 5.32 Å². The fourth-order valence-electron chi connectivity index (χ4n) is 2.73. The number of amides is 1. The Morgan fingerprint density at radius 2 is 1.93 bits per heavy atom. The number of hydrogen-bond donors (Lipinski definition) is 1. The van der Waals surface area contributed by atoms with Gasteiger partial charge in [-0.2, -0.15) is 18.3 Å². The summed E-state index contributed by atoms with van der Waals surface area (Å²) in [6, 6.07) is 12.1. The molecule has 0 atom stereocenters. The van der Waals surface area contributed by atoms with Crippen molar-refractivity contribution in [3.8, 4) is 11.3 Å². The van der Waals surface area contributed by atoms with Crippen molar-refractivity contribution in [3.63, 3.8) is 0 Å². The molecule has 0 radical (unpaired) electrons. The fraction of sp³-hybridized carbons (Fsp3) is 0.105. The summed E-state index contributed by atoms with van der Waals surface area (Å²) in [5.74, 6) is -0.579. The number of benzene rings is 1. The van der Waals surface area contributed by atoms with Crippen LogP contribution in [0.5, 0.6) is 0 Å². The zero-order valence-corrected chi connectivity index (χ0v) is 16.1.